The number of thioether (sulfide) groups is 1. The van der Waals surface area contributed by atoms with Crippen LogP contribution in [0.3, 0.4) is 0 Å². The third-order valence-electron chi connectivity index (χ3n) is 2.92. The maximum atomic E-state index is 11.9. The third kappa shape index (κ3) is 3.71. The first kappa shape index (κ1) is 16.9. The van der Waals surface area contributed by atoms with E-state index in [1.165, 1.54) is 0 Å². The van der Waals surface area contributed by atoms with E-state index in [1.54, 1.807) is 18.7 Å². The molecule has 0 fully saturated rings. The minimum atomic E-state index is -0.220. The fourth-order valence-electron chi connectivity index (χ4n) is 1.70. The van der Waals surface area contributed by atoms with Gasteiger partial charge in [-0.15, -0.1) is 24.2 Å². The lowest BCUT2D eigenvalue weighted by atomic mass is 10.1. The minimum absolute atomic E-state index is 0. The molecule has 5 nitrogen and oxygen atoms in total. The first-order chi connectivity index (χ1) is 9.15. The molecule has 1 amide bonds. The molecule has 1 atom stereocenters. The van der Waals surface area contributed by atoms with E-state index in [0.717, 1.165) is 16.3 Å². The summed E-state index contributed by atoms with van der Waals surface area (Å²) in [6, 6.07) is 3.70. The van der Waals surface area contributed by atoms with Crippen LogP contribution in [-0.2, 0) is 4.79 Å². The smallest absolute Gasteiger partial charge is 0.228 e. The number of hydrogen-bond acceptors (Lipinski definition) is 5. The molecular formula is C13H19ClN2O3S. The lowest BCUT2D eigenvalue weighted by Gasteiger charge is -2.21. The van der Waals surface area contributed by atoms with Crippen LogP contribution in [0.1, 0.15) is 6.92 Å². The van der Waals surface area contributed by atoms with E-state index in [-0.39, 0.29) is 24.2 Å². The van der Waals surface area contributed by atoms with Gasteiger partial charge in [0, 0.05) is 23.4 Å². The van der Waals surface area contributed by atoms with Gasteiger partial charge in [-0.25, -0.2) is 0 Å². The molecule has 112 valence electrons. The Balaban J connectivity index is 0.00000200. The molecular weight excluding hydrogens is 300 g/mol. The molecule has 0 bridgehead atoms. The average Bonchev–Trinajstić information content (AvgIpc) is 2.45. The van der Waals surface area contributed by atoms with Crippen molar-refractivity contribution in [3.8, 4) is 11.5 Å². The average molecular weight is 319 g/mol. The van der Waals surface area contributed by atoms with Gasteiger partial charge in [0.15, 0.2) is 11.5 Å². The van der Waals surface area contributed by atoms with E-state index >= 15 is 0 Å². The quantitative estimate of drug-likeness (QED) is 0.832. The number of halogens is 1. The predicted molar refractivity (Wildman–Crippen MR) is 83.3 cm³/mol. The number of benzene rings is 1. The van der Waals surface area contributed by atoms with Gasteiger partial charge in [0.1, 0.15) is 13.2 Å². The van der Waals surface area contributed by atoms with Gasteiger partial charge < -0.3 is 20.5 Å². The van der Waals surface area contributed by atoms with Crippen LogP contribution in [0.4, 0.5) is 5.69 Å². The Kier molecular flexibility index (Phi) is 6.45. The molecule has 0 aromatic heterocycles. The second-order valence-electron chi connectivity index (χ2n) is 4.32. The molecule has 1 aromatic carbocycles. The fraction of sp³-hybridized carbons (Fsp3) is 0.462. The molecule has 2 rings (SSSR count). The number of ether oxygens (including phenoxy) is 2. The summed E-state index contributed by atoms with van der Waals surface area (Å²) in [6.45, 7) is 3.20. The first-order valence-electron chi connectivity index (χ1n) is 6.14. The molecule has 3 N–H and O–H groups in total. The number of amides is 1. The van der Waals surface area contributed by atoms with Crippen molar-refractivity contribution in [3.63, 3.8) is 0 Å². The van der Waals surface area contributed by atoms with Crippen molar-refractivity contribution in [2.45, 2.75) is 11.8 Å². The largest absolute Gasteiger partial charge is 0.486 e. The zero-order valence-electron chi connectivity index (χ0n) is 11.5. The summed E-state index contributed by atoms with van der Waals surface area (Å²) in [6.07, 6.45) is 1.95. The topological polar surface area (TPSA) is 73.6 Å². The van der Waals surface area contributed by atoms with Crippen molar-refractivity contribution in [3.05, 3.63) is 12.1 Å². The standard InChI is InChI=1S/C13H18N2O3S.ClH/c1-8(7-14)13(16)15-9-5-10-11(6-12(9)19-2)18-4-3-17-10;/h5-6,8H,3-4,7,14H2,1-2H3,(H,15,16);1H. The van der Waals surface area contributed by atoms with Crippen LogP contribution in [0.15, 0.2) is 17.0 Å². The predicted octanol–water partition coefficient (Wildman–Crippen LogP) is 2.13. The lowest BCUT2D eigenvalue weighted by molar-refractivity contribution is -0.119. The maximum Gasteiger partial charge on any atom is 0.228 e. The number of hydrogen-bond donors (Lipinski definition) is 2. The van der Waals surface area contributed by atoms with Crippen LogP contribution in [-0.4, -0.2) is 31.9 Å². The van der Waals surface area contributed by atoms with Gasteiger partial charge >= 0.3 is 0 Å². The Morgan fingerprint density at radius 1 is 1.40 bits per heavy atom. The Morgan fingerprint density at radius 3 is 2.55 bits per heavy atom. The first-order valence-corrected chi connectivity index (χ1v) is 7.36. The summed E-state index contributed by atoms with van der Waals surface area (Å²) in [4.78, 5) is 12.9. The zero-order chi connectivity index (χ0) is 13.8. The van der Waals surface area contributed by atoms with Crippen molar-refractivity contribution in [1.29, 1.82) is 0 Å². The number of anilines is 1. The van der Waals surface area contributed by atoms with E-state index in [4.69, 9.17) is 15.2 Å². The summed E-state index contributed by atoms with van der Waals surface area (Å²) < 4.78 is 11.0. The van der Waals surface area contributed by atoms with Gasteiger partial charge in [0.2, 0.25) is 5.91 Å². The minimum Gasteiger partial charge on any atom is -0.486 e. The van der Waals surface area contributed by atoms with Crippen molar-refractivity contribution < 1.29 is 14.3 Å². The highest BCUT2D eigenvalue weighted by molar-refractivity contribution is 7.98. The fourth-order valence-corrected chi connectivity index (χ4v) is 2.25. The van der Waals surface area contributed by atoms with Crippen LogP contribution in [0.5, 0.6) is 11.5 Å². The van der Waals surface area contributed by atoms with Gasteiger partial charge in [-0.05, 0) is 12.3 Å². The van der Waals surface area contributed by atoms with Crippen LogP contribution < -0.4 is 20.5 Å². The Morgan fingerprint density at radius 2 is 2.00 bits per heavy atom. The maximum absolute atomic E-state index is 11.9. The van der Waals surface area contributed by atoms with Gasteiger partial charge in [-0.1, -0.05) is 6.92 Å². The van der Waals surface area contributed by atoms with E-state index in [0.29, 0.717) is 25.5 Å². The van der Waals surface area contributed by atoms with Gasteiger partial charge in [0.25, 0.3) is 0 Å². The van der Waals surface area contributed by atoms with Crippen molar-refractivity contribution in [2.75, 3.05) is 31.3 Å². The molecule has 1 aliphatic heterocycles. The molecule has 1 aromatic rings. The number of nitrogens with one attached hydrogen (secondary N) is 1. The number of rotatable bonds is 4. The Bertz CT molecular complexity index is 485. The normalized spacial score (nSPS) is 14.2. The van der Waals surface area contributed by atoms with Gasteiger partial charge in [0.05, 0.1) is 5.69 Å². The second kappa shape index (κ2) is 7.61. The molecule has 1 unspecified atom stereocenters. The molecule has 0 aliphatic carbocycles. The zero-order valence-corrected chi connectivity index (χ0v) is 13.1. The highest BCUT2D eigenvalue weighted by Gasteiger charge is 2.18. The summed E-state index contributed by atoms with van der Waals surface area (Å²) >= 11 is 1.55. The third-order valence-corrected chi connectivity index (χ3v) is 3.70. The van der Waals surface area contributed by atoms with Gasteiger partial charge in [-0.2, -0.15) is 0 Å². The molecule has 20 heavy (non-hydrogen) atoms. The summed E-state index contributed by atoms with van der Waals surface area (Å²) in [5, 5.41) is 2.89. The molecule has 0 spiro atoms. The molecule has 0 saturated heterocycles. The molecule has 1 heterocycles. The number of carbonyl (C=O) groups is 1. The Hall–Kier alpha value is -1.11. The number of nitrogens with two attached hydrogens (primary N) is 1. The van der Waals surface area contributed by atoms with E-state index < -0.39 is 0 Å². The SMILES string of the molecule is CSc1cc2c(cc1NC(=O)C(C)CN)OCCO2.Cl. The molecule has 1 aliphatic rings. The van der Waals surface area contributed by atoms with Crippen LogP contribution >= 0.6 is 24.2 Å². The van der Waals surface area contributed by atoms with Crippen LogP contribution in [0.2, 0.25) is 0 Å². The lowest BCUT2D eigenvalue weighted by Crippen LogP contribution is -2.27. The highest BCUT2D eigenvalue weighted by Crippen LogP contribution is 2.39. The number of carbonyl (C=O) groups excluding carboxylic acids is 1. The van der Waals surface area contributed by atoms with Gasteiger partial charge in [-0.3, -0.25) is 4.79 Å². The van der Waals surface area contributed by atoms with E-state index in [1.807, 2.05) is 18.4 Å². The molecule has 0 saturated carbocycles. The van der Waals surface area contributed by atoms with E-state index in [2.05, 4.69) is 5.32 Å². The Labute approximate surface area is 129 Å². The van der Waals surface area contributed by atoms with Crippen molar-refractivity contribution in [2.24, 2.45) is 11.7 Å². The second-order valence-corrected chi connectivity index (χ2v) is 5.17. The monoisotopic (exact) mass is 318 g/mol. The summed E-state index contributed by atoms with van der Waals surface area (Å²) in [7, 11) is 0. The summed E-state index contributed by atoms with van der Waals surface area (Å²) in [5.41, 5.74) is 6.24. The highest BCUT2D eigenvalue weighted by atomic mass is 35.5. The van der Waals surface area contributed by atoms with Crippen LogP contribution in [0.25, 0.3) is 0 Å². The van der Waals surface area contributed by atoms with Crippen molar-refractivity contribution >= 4 is 35.8 Å². The molecule has 0 radical (unpaired) electrons. The summed E-state index contributed by atoms with van der Waals surface area (Å²) in [5.74, 6) is 1.08. The number of fused-ring (bicyclic) bond motifs is 1. The molecule has 7 heteroatoms. The van der Waals surface area contributed by atoms with E-state index in [9.17, 15) is 4.79 Å². The van der Waals surface area contributed by atoms with Crippen LogP contribution in [0, 0.1) is 5.92 Å². The van der Waals surface area contributed by atoms with Crippen molar-refractivity contribution in [1.82, 2.24) is 0 Å².